The van der Waals surface area contributed by atoms with E-state index in [1.807, 2.05) is 6.92 Å². The van der Waals surface area contributed by atoms with Gasteiger partial charge in [-0.3, -0.25) is 0 Å². The number of nitrogens with zero attached hydrogens (tertiary/aromatic N) is 1. The lowest BCUT2D eigenvalue weighted by atomic mass is 10.3. The maximum Gasteiger partial charge on any atom is 0.243 e. The van der Waals surface area contributed by atoms with Gasteiger partial charge in [-0.1, -0.05) is 6.92 Å². The predicted octanol–water partition coefficient (Wildman–Crippen LogP) is 2.04. The molecular weight excluding hydrogens is 320 g/mol. The van der Waals surface area contributed by atoms with Crippen molar-refractivity contribution >= 4 is 27.0 Å². The molecule has 0 aliphatic carbocycles. The van der Waals surface area contributed by atoms with Crippen LogP contribution in [-0.2, 0) is 23.0 Å². The molecule has 0 amide bonds. The summed E-state index contributed by atoms with van der Waals surface area (Å²) >= 11 is 1.36. The summed E-state index contributed by atoms with van der Waals surface area (Å²) in [4.78, 5) is 4.38. The van der Waals surface area contributed by atoms with Crippen LogP contribution in [0, 0.1) is 11.6 Å². The number of thiazole rings is 1. The zero-order chi connectivity index (χ0) is 15.6. The quantitative estimate of drug-likeness (QED) is 0.820. The van der Waals surface area contributed by atoms with Crippen molar-refractivity contribution in [2.24, 2.45) is 0 Å². The Morgan fingerprint density at radius 2 is 2.05 bits per heavy atom. The van der Waals surface area contributed by atoms with Crippen LogP contribution in [-0.4, -0.2) is 13.4 Å². The molecule has 1 heterocycles. The monoisotopic (exact) mass is 333 g/mol. The van der Waals surface area contributed by atoms with Crippen molar-refractivity contribution in [3.8, 4) is 0 Å². The van der Waals surface area contributed by atoms with Crippen molar-refractivity contribution in [3.63, 3.8) is 0 Å². The number of nitrogens with two attached hydrogens (primary N) is 1. The molecule has 2 rings (SSSR count). The molecule has 0 saturated carbocycles. The highest BCUT2D eigenvalue weighted by molar-refractivity contribution is 7.89. The van der Waals surface area contributed by atoms with Gasteiger partial charge in [-0.2, -0.15) is 0 Å². The fourth-order valence-electron chi connectivity index (χ4n) is 1.58. The second-order valence-electron chi connectivity index (χ2n) is 4.20. The van der Waals surface area contributed by atoms with Gasteiger partial charge >= 0.3 is 0 Å². The van der Waals surface area contributed by atoms with E-state index in [-0.39, 0.29) is 6.54 Å². The van der Waals surface area contributed by atoms with Crippen LogP contribution < -0.4 is 10.5 Å². The molecule has 0 spiro atoms. The molecule has 0 aliphatic heterocycles. The van der Waals surface area contributed by atoms with Crippen LogP contribution >= 0.6 is 11.3 Å². The van der Waals surface area contributed by atoms with Crippen molar-refractivity contribution in [3.05, 3.63) is 39.8 Å². The summed E-state index contributed by atoms with van der Waals surface area (Å²) in [5.74, 6) is -2.19. The molecule has 21 heavy (non-hydrogen) atoms. The highest BCUT2D eigenvalue weighted by atomic mass is 32.2. The van der Waals surface area contributed by atoms with Gasteiger partial charge in [-0.15, -0.1) is 11.3 Å². The minimum Gasteiger partial charge on any atom is -0.396 e. The number of nitrogens with one attached hydrogen (secondary N) is 1. The van der Waals surface area contributed by atoms with Crippen LogP contribution in [0.3, 0.4) is 0 Å². The van der Waals surface area contributed by atoms with Crippen molar-refractivity contribution in [2.75, 3.05) is 5.73 Å². The molecule has 1 aromatic heterocycles. The summed E-state index contributed by atoms with van der Waals surface area (Å²) in [7, 11) is -4.13. The van der Waals surface area contributed by atoms with Gasteiger partial charge in [0, 0.05) is 17.1 Å². The molecule has 114 valence electrons. The van der Waals surface area contributed by atoms with Crippen molar-refractivity contribution in [2.45, 2.75) is 24.8 Å². The molecule has 2 aromatic rings. The third-order valence-electron chi connectivity index (χ3n) is 2.70. The first-order chi connectivity index (χ1) is 9.83. The minimum absolute atomic E-state index is 0.0658. The zero-order valence-electron chi connectivity index (χ0n) is 11.1. The van der Waals surface area contributed by atoms with Gasteiger partial charge in [0.05, 0.1) is 12.2 Å². The van der Waals surface area contributed by atoms with E-state index in [1.165, 1.54) is 11.3 Å². The van der Waals surface area contributed by atoms with E-state index in [0.29, 0.717) is 11.1 Å². The van der Waals surface area contributed by atoms with Gasteiger partial charge in [-0.05, 0) is 12.5 Å². The Hall–Kier alpha value is -1.58. The number of rotatable bonds is 5. The fourth-order valence-corrected chi connectivity index (χ4v) is 3.55. The van der Waals surface area contributed by atoms with Crippen molar-refractivity contribution in [1.29, 1.82) is 0 Å². The number of aryl methyl sites for hydroxylation is 1. The van der Waals surface area contributed by atoms with E-state index in [0.717, 1.165) is 17.4 Å². The molecule has 0 radical (unpaired) electrons. The summed E-state index contributed by atoms with van der Waals surface area (Å²) in [5, 5.41) is 0.561. The van der Waals surface area contributed by atoms with Crippen LogP contribution in [0.4, 0.5) is 14.5 Å². The first-order valence-electron chi connectivity index (χ1n) is 6.01. The number of benzene rings is 1. The van der Waals surface area contributed by atoms with E-state index < -0.39 is 32.2 Å². The molecule has 0 fully saturated rings. The van der Waals surface area contributed by atoms with Crippen molar-refractivity contribution < 1.29 is 17.2 Å². The normalized spacial score (nSPS) is 11.8. The number of anilines is 1. The van der Waals surface area contributed by atoms with E-state index in [1.54, 1.807) is 6.20 Å². The third kappa shape index (κ3) is 3.55. The lowest BCUT2D eigenvalue weighted by molar-refractivity contribution is 0.544. The van der Waals surface area contributed by atoms with Gasteiger partial charge in [0.15, 0.2) is 0 Å². The van der Waals surface area contributed by atoms with Gasteiger partial charge in [0.2, 0.25) is 10.0 Å². The van der Waals surface area contributed by atoms with Crippen LogP contribution in [0.15, 0.2) is 23.2 Å². The Balaban J connectivity index is 2.20. The molecule has 0 aliphatic rings. The zero-order valence-corrected chi connectivity index (χ0v) is 12.7. The first-order valence-corrected chi connectivity index (χ1v) is 8.31. The second-order valence-corrected chi connectivity index (χ2v) is 7.14. The highest BCUT2D eigenvalue weighted by Gasteiger charge is 2.21. The number of halogens is 2. The summed E-state index contributed by atoms with van der Waals surface area (Å²) in [5.41, 5.74) is 4.84. The van der Waals surface area contributed by atoms with Gasteiger partial charge in [0.1, 0.15) is 21.5 Å². The van der Waals surface area contributed by atoms with Crippen LogP contribution in [0.25, 0.3) is 0 Å². The van der Waals surface area contributed by atoms with Gasteiger partial charge in [0.25, 0.3) is 0 Å². The molecule has 0 bridgehead atoms. The number of aromatic nitrogens is 1. The smallest absolute Gasteiger partial charge is 0.243 e. The standard InChI is InChI=1S/C12H13F2N3O2S2/c1-2-7-5-16-12(20-7)6-17-21(18,19)11-4-10(15)8(13)3-9(11)14/h3-5,17H,2,6,15H2,1H3. The first kappa shape index (κ1) is 15.8. The summed E-state index contributed by atoms with van der Waals surface area (Å²) in [6, 6.07) is 1.20. The average molecular weight is 333 g/mol. The second kappa shape index (κ2) is 6.04. The number of nitrogen functional groups attached to an aromatic ring is 1. The largest absolute Gasteiger partial charge is 0.396 e. The lowest BCUT2D eigenvalue weighted by Gasteiger charge is -2.07. The van der Waals surface area contributed by atoms with E-state index in [4.69, 9.17) is 5.73 Å². The summed E-state index contributed by atoms with van der Waals surface area (Å²) in [6.07, 6.45) is 2.46. The molecule has 5 nitrogen and oxygen atoms in total. The molecule has 0 unspecified atom stereocenters. The maximum absolute atomic E-state index is 13.6. The van der Waals surface area contributed by atoms with Crippen LogP contribution in [0.2, 0.25) is 0 Å². The van der Waals surface area contributed by atoms with E-state index in [2.05, 4.69) is 9.71 Å². The lowest BCUT2D eigenvalue weighted by Crippen LogP contribution is -2.24. The number of hydrogen-bond donors (Lipinski definition) is 2. The minimum atomic E-state index is -4.13. The predicted molar refractivity (Wildman–Crippen MR) is 76.3 cm³/mol. The molecular formula is C12H13F2N3O2S2. The maximum atomic E-state index is 13.6. The molecule has 0 saturated heterocycles. The summed E-state index contributed by atoms with van der Waals surface area (Å²) in [6.45, 7) is 1.89. The highest BCUT2D eigenvalue weighted by Crippen LogP contribution is 2.21. The SMILES string of the molecule is CCc1cnc(CNS(=O)(=O)c2cc(N)c(F)cc2F)s1. The van der Waals surface area contributed by atoms with Crippen molar-refractivity contribution in [1.82, 2.24) is 9.71 Å². The van der Waals surface area contributed by atoms with E-state index >= 15 is 0 Å². The Bertz CT molecular complexity index is 760. The average Bonchev–Trinajstić information content (AvgIpc) is 2.88. The topological polar surface area (TPSA) is 85.1 Å². The van der Waals surface area contributed by atoms with Crippen LogP contribution in [0.5, 0.6) is 0 Å². The Labute approximate surface area is 124 Å². The van der Waals surface area contributed by atoms with Crippen LogP contribution in [0.1, 0.15) is 16.8 Å². The fraction of sp³-hybridized carbons (Fsp3) is 0.250. The third-order valence-corrected chi connectivity index (χ3v) is 5.26. The van der Waals surface area contributed by atoms with Gasteiger partial charge < -0.3 is 5.73 Å². The van der Waals surface area contributed by atoms with Gasteiger partial charge in [-0.25, -0.2) is 26.9 Å². The molecule has 0 atom stereocenters. The molecule has 9 heteroatoms. The Morgan fingerprint density at radius 3 is 2.67 bits per heavy atom. The number of hydrogen-bond acceptors (Lipinski definition) is 5. The number of sulfonamides is 1. The Morgan fingerprint density at radius 1 is 1.33 bits per heavy atom. The Kier molecular flexibility index (Phi) is 4.55. The molecule has 3 N–H and O–H groups in total. The summed E-state index contributed by atoms with van der Waals surface area (Å²) < 4.78 is 52.9. The van der Waals surface area contributed by atoms with E-state index in [9.17, 15) is 17.2 Å². The molecule has 1 aromatic carbocycles.